The van der Waals surface area contributed by atoms with Crippen molar-refractivity contribution in [3.8, 4) is 5.75 Å². The second kappa shape index (κ2) is 5.33. The van der Waals surface area contributed by atoms with Gasteiger partial charge in [0.15, 0.2) is 0 Å². The summed E-state index contributed by atoms with van der Waals surface area (Å²) in [6, 6.07) is 0.547. The van der Waals surface area contributed by atoms with E-state index in [4.69, 9.17) is 27.9 Å². The molecular weight excluding hydrogens is 278 g/mol. The first kappa shape index (κ1) is 14.4. The van der Waals surface area contributed by atoms with Gasteiger partial charge in [0.05, 0.1) is 12.1 Å². The number of halogens is 5. The van der Waals surface area contributed by atoms with Crippen molar-refractivity contribution in [1.82, 2.24) is 5.32 Å². The van der Waals surface area contributed by atoms with Gasteiger partial charge in [0.1, 0.15) is 11.8 Å². The van der Waals surface area contributed by atoms with Crippen LogP contribution in [0.25, 0.3) is 0 Å². The summed E-state index contributed by atoms with van der Waals surface area (Å²) in [4.78, 5) is 0. The van der Waals surface area contributed by atoms with E-state index in [9.17, 15) is 13.2 Å². The highest BCUT2D eigenvalue weighted by Gasteiger charge is 2.41. The van der Waals surface area contributed by atoms with Gasteiger partial charge in [0.2, 0.25) is 0 Å². The largest absolute Gasteiger partial charge is 0.495 e. The predicted molar refractivity (Wildman–Crippen MR) is 60.9 cm³/mol. The zero-order chi connectivity index (χ0) is 13.2. The van der Waals surface area contributed by atoms with Gasteiger partial charge in [0.25, 0.3) is 0 Å². The normalized spacial score (nSPS) is 13.6. The van der Waals surface area contributed by atoms with E-state index in [1.807, 2.05) is 0 Å². The molecule has 0 aromatic heterocycles. The highest BCUT2D eigenvalue weighted by molar-refractivity contribution is 6.34. The first-order valence-corrected chi connectivity index (χ1v) is 5.33. The van der Waals surface area contributed by atoms with Crippen molar-refractivity contribution in [2.24, 2.45) is 0 Å². The zero-order valence-electron chi connectivity index (χ0n) is 9.03. The van der Waals surface area contributed by atoms with E-state index >= 15 is 0 Å². The van der Waals surface area contributed by atoms with E-state index in [1.165, 1.54) is 20.2 Å². The van der Waals surface area contributed by atoms with E-state index in [1.54, 1.807) is 0 Å². The van der Waals surface area contributed by atoms with Gasteiger partial charge in [-0.1, -0.05) is 23.2 Å². The lowest BCUT2D eigenvalue weighted by Crippen LogP contribution is -2.31. The SMILES string of the molecule is CNC(c1cc(Cl)c(OC)cc1Cl)C(F)(F)F. The summed E-state index contributed by atoms with van der Waals surface area (Å²) in [7, 11) is 2.56. The summed E-state index contributed by atoms with van der Waals surface area (Å²) in [5, 5.41) is 2.18. The lowest BCUT2D eigenvalue weighted by molar-refractivity contribution is -0.156. The third kappa shape index (κ3) is 3.18. The summed E-state index contributed by atoms with van der Waals surface area (Å²) in [5.41, 5.74) is -0.132. The molecule has 0 spiro atoms. The van der Waals surface area contributed by atoms with Crippen LogP contribution in [-0.4, -0.2) is 20.3 Å². The van der Waals surface area contributed by atoms with Crippen LogP contribution in [0.1, 0.15) is 11.6 Å². The van der Waals surface area contributed by atoms with Crippen LogP contribution in [-0.2, 0) is 0 Å². The molecule has 0 radical (unpaired) electrons. The summed E-state index contributed by atoms with van der Waals surface area (Å²) in [6.07, 6.45) is -4.45. The number of hydrogen-bond donors (Lipinski definition) is 1. The average molecular weight is 288 g/mol. The van der Waals surface area contributed by atoms with Crippen LogP contribution in [0, 0.1) is 0 Å². The molecule has 0 saturated heterocycles. The molecule has 1 aromatic rings. The van der Waals surface area contributed by atoms with Crippen LogP contribution in [0.4, 0.5) is 13.2 Å². The van der Waals surface area contributed by atoms with Crippen LogP contribution in [0.2, 0.25) is 10.0 Å². The van der Waals surface area contributed by atoms with Crippen LogP contribution in [0.5, 0.6) is 5.75 Å². The minimum absolute atomic E-state index is 0.0528. The fourth-order valence-electron chi connectivity index (χ4n) is 1.42. The third-order valence-corrected chi connectivity index (χ3v) is 2.82. The van der Waals surface area contributed by atoms with E-state index < -0.39 is 12.2 Å². The molecule has 1 aromatic carbocycles. The monoisotopic (exact) mass is 287 g/mol. The van der Waals surface area contributed by atoms with Crippen LogP contribution < -0.4 is 10.1 Å². The molecule has 1 unspecified atom stereocenters. The summed E-state index contributed by atoms with van der Waals surface area (Å²) in [6.45, 7) is 0. The maximum Gasteiger partial charge on any atom is 0.407 e. The Morgan fingerprint density at radius 3 is 2.24 bits per heavy atom. The smallest absolute Gasteiger partial charge is 0.407 e. The maximum absolute atomic E-state index is 12.7. The number of nitrogens with one attached hydrogen (secondary N) is 1. The van der Waals surface area contributed by atoms with Gasteiger partial charge in [-0.05, 0) is 18.7 Å². The predicted octanol–water partition coefficient (Wildman–Crippen LogP) is 3.82. The zero-order valence-corrected chi connectivity index (χ0v) is 10.5. The van der Waals surface area contributed by atoms with Gasteiger partial charge in [-0.25, -0.2) is 0 Å². The lowest BCUT2D eigenvalue weighted by atomic mass is 10.1. The van der Waals surface area contributed by atoms with Crippen molar-refractivity contribution in [1.29, 1.82) is 0 Å². The number of ether oxygens (including phenoxy) is 1. The van der Waals surface area contributed by atoms with Gasteiger partial charge in [-0.15, -0.1) is 0 Å². The maximum atomic E-state index is 12.7. The van der Waals surface area contributed by atoms with Gasteiger partial charge in [0, 0.05) is 11.1 Å². The molecule has 0 bridgehead atoms. The average Bonchev–Trinajstić information content (AvgIpc) is 2.21. The Morgan fingerprint density at radius 2 is 1.82 bits per heavy atom. The van der Waals surface area contributed by atoms with Gasteiger partial charge >= 0.3 is 6.18 Å². The van der Waals surface area contributed by atoms with Crippen molar-refractivity contribution >= 4 is 23.2 Å². The number of hydrogen-bond acceptors (Lipinski definition) is 2. The topological polar surface area (TPSA) is 21.3 Å². The summed E-state index contributed by atoms with van der Waals surface area (Å²) < 4.78 is 43.0. The van der Waals surface area contributed by atoms with E-state index in [2.05, 4.69) is 5.32 Å². The van der Waals surface area contributed by atoms with Gasteiger partial charge in [-0.2, -0.15) is 13.2 Å². The summed E-state index contributed by atoms with van der Waals surface area (Å²) >= 11 is 11.6. The number of methoxy groups -OCH3 is 1. The Kier molecular flexibility index (Phi) is 4.52. The standard InChI is InChI=1S/C10H10Cl2F3NO/c1-16-9(10(13,14)15)5-3-7(12)8(17-2)4-6(5)11/h3-4,9,16H,1-2H3. The Balaban J connectivity index is 3.26. The highest BCUT2D eigenvalue weighted by Crippen LogP contribution is 2.39. The number of rotatable bonds is 3. The minimum Gasteiger partial charge on any atom is -0.495 e. The second-order valence-electron chi connectivity index (χ2n) is 3.27. The number of alkyl halides is 3. The van der Waals surface area contributed by atoms with E-state index in [0.29, 0.717) is 0 Å². The first-order chi connectivity index (χ1) is 7.81. The Morgan fingerprint density at radius 1 is 1.24 bits per heavy atom. The Hall–Kier alpha value is -0.650. The van der Waals surface area contributed by atoms with Gasteiger partial charge < -0.3 is 10.1 Å². The molecule has 0 fully saturated rings. The van der Waals surface area contributed by atoms with Crippen LogP contribution in [0.3, 0.4) is 0 Å². The number of benzene rings is 1. The van der Waals surface area contributed by atoms with Crippen LogP contribution in [0.15, 0.2) is 12.1 Å². The molecular formula is C10H10Cl2F3NO. The minimum atomic E-state index is -4.45. The van der Waals surface area contributed by atoms with Gasteiger partial charge in [-0.3, -0.25) is 0 Å². The molecule has 7 heteroatoms. The molecule has 1 N–H and O–H groups in total. The Bertz CT molecular complexity index is 409. The van der Waals surface area contributed by atoms with Crippen molar-refractivity contribution in [2.75, 3.05) is 14.2 Å². The second-order valence-corrected chi connectivity index (χ2v) is 4.09. The molecule has 2 nitrogen and oxygen atoms in total. The molecule has 0 heterocycles. The fraction of sp³-hybridized carbons (Fsp3) is 0.400. The van der Waals surface area contributed by atoms with Crippen LogP contribution >= 0.6 is 23.2 Å². The Labute approximate surface area is 107 Å². The van der Waals surface area contributed by atoms with E-state index in [-0.39, 0.29) is 21.4 Å². The van der Waals surface area contributed by atoms with E-state index in [0.717, 1.165) is 6.07 Å². The van der Waals surface area contributed by atoms with Crippen molar-refractivity contribution in [3.05, 3.63) is 27.7 Å². The molecule has 1 rings (SSSR count). The molecule has 17 heavy (non-hydrogen) atoms. The highest BCUT2D eigenvalue weighted by atomic mass is 35.5. The quantitative estimate of drug-likeness (QED) is 0.912. The molecule has 0 saturated carbocycles. The summed E-state index contributed by atoms with van der Waals surface area (Å²) in [5.74, 6) is 0.234. The molecule has 0 amide bonds. The molecule has 0 aliphatic rings. The fourth-order valence-corrected chi connectivity index (χ4v) is 1.93. The lowest BCUT2D eigenvalue weighted by Gasteiger charge is -2.21. The van der Waals surface area contributed by atoms with Crippen molar-refractivity contribution in [2.45, 2.75) is 12.2 Å². The molecule has 96 valence electrons. The molecule has 0 aliphatic heterocycles. The molecule has 0 aliphatic carbocycles. The molecule has 1 atom stereocenters. The van der Waals surface area contributed by atoms with Crippen molar-refractivity contribution < 1.29 is 17.9 Å². The van der Waals surface area contributed by atoms with Crippen molar-refractivity contribution in [3.63, 3.8) is 0 Å². The third-order valence-electron chi connectivity index (χ3n) is 2.20. The first-order valence-electron chi connectivity index (χ1n) is 4.58.